The van der Waals surface area contributed by atoms with Gasteiger partial charge in [-0.3, -0.25) is 9.59 Å². The molecule has 0 heterocycles. The average Bonchev–Trinajstić information content (AvgIpc) is 2.58. The van der Waals surface area contributed by atoms with E-state index in [1.165, 1.54) is 7.11 Å². The van der Waals surface area contributed by atoms with Gasteiger partial charge in [0.1, 0.15) is 23.7 Å². The number of methoxy groups -OCH3 is 1. The zero-order valence-electron chi connectivity index (χ0n) is 16.3. The highest BCUT2D eigenvalue weighted by Gasteiger charge is 2.14. The van der Waals surface area contributed by atoms with Crippen molar-refractivity contribution in [1.82, 2.24) is 0 Å². The van der Waals surface area contributed by atoms with Crippen molar-refractivity contribution < 1.29 is 24.2 Å². The summed E-state index contributed by atoms with van der Waals surface area (Å²) in [5.74, 6) is 0.702. The molecule has 6 heteroatoms. The summed E-state index contributed by atoms with van der Waals surface area (Å²) in [6.45, 7) is 7.76. The van der Waals surface area contributed by atoms with E-state index < -0.39 is 11.9 Å². The summed E-state index contributed by atoms with van der Waals surface area (Å²) in [5, 5.41) is 12.6. The van der Waals surface area contributed by atoms with Crippen molar-refractivity contribution >= 4 is 17.6 Å². The predicted octanol–water partition coefficient (Wildman–Crippen LogP) is 4.43. The van der Waals surface area contributed by atoms with Crippen molar-refractivity contribution in [3.8, 4) is 17.2 Å². The molecule has 2 aromatic rings. The maximum Gasteiger partial charge on any atom is 0.315 e. The second kappa shape index (κ2) is 8.58. The van der Waals surface area contributed by atoms with E-state index in [4.69, 9.17) is 4.74 Å². The smallest absolute Gasteiger partial charge is 0.315 e. The van der Waals surface area contributed by atoms with Crippen molar-refractivity contribution in [2.24, 2.45) is 0 Å². The third kappa shape index (κ3) is 5.23. The van der Waals surface area contributed by atoms with E-state index in [-0.39, 0.29) is 18.1 Å². The molecule has 0 aliphatic heterocycles. The Morgan fingerprint density at radius 3 is 2.30 bits per heavy atom. The van der Waals surface area contributed by atoms with E-state index in [1.54, 1.807) is 24.3 Å². The second-order valence-corrected chi connectivity index (χ2v) is 6.72. The summed E-state index contributed by atoms with van der Waals surface area (Å²) in [5.41, 5.74) is 3.07. The Balaban J connectivity index is 2.21. The van der Waals surface area contributed by atoms with Gasteiger partial charge in [0.15, 0.2) is 0 Å². The van der Waals surface area contributed by atoms with Gasteiger partial charge in [-0.2, -0.15) is 0 Å². The maximum absolute atomic E-state index is 11.8. The standard InChI is InChI=1S/C21H25NO5/c1-12(2)17-10-16(6-7-18(17)23)27-21-13(3)8-15(9-14(21)4)22-19(24)11-20(25)26-5/h6-10,12,23H,11H2,1-5H3,(H,22,24). The first kappa shape index (κ1) is 20.3. The highest BCUT2D eigenvalue weighted by Crippen LogP contribution is 2.35. The van der Waals surface area contributed by atoms with Crippen LogP contribution in [0.15, 0.2) is 30.3 Å². The number of ether oxygens (including phenoxy) is 2. The number of hydrogen-bond acceptors (Lipinski definition) is 5. The van der Waals surface area contributed by atoms with Crippen molar-refractivity contribution in [1.29, 1.82) is 0 Å². The Morgan fingerprint density at radius 2 is 1.74 bits per heavy atom. The molecule has 0 aromatic heterocycles. The van der Waals surface area contributed by atoms with Gasteiger partial charge in [-0.15, -0.1) is 0 Å². The zero-order valence-corrected chi connectivity index (χ0v) is 16.3. The summed E-state index contributed by atoms with van der Waals surface area (Å²) in [6.07, 6.45) is -0.335. The molecule has 1 amide bonds. The fraction of sp³-hybridized carbons (Fsp3) is 0.333. The van der Waals surface area contributed by atoms with Gasteiger partial charge < -0.3 is 19.9 Å². The summed E-state index contributed by atoms with van der Waals surface area (Å²) >= 11 is 0. The number of nitrogens with one attached hydrogen (secondary N) is 1. The first-order valence-electron chi connectivity index (χ1n) is 8.70. The van der Waals surface area contributed by atoms with Crippen LogP contribution in [0.3, 0.4) is 0 Å². The maximum atomic E-state index is 11.8. The number of hydrogen-bond donors (Lipinski definition) is 2. The lowest BCUT2D eigenvalue weighted by atomic mass is 10.0. The molecular formula is C21H25NO5. The van der Waals surface area contributed by atoms with Gasteiger partial charge in [0.05, 0.1) is 7.11 Å². The van der Waals surface area contributed by atoms with Crippen LogP contribution in [0.1, 0.15) is 42.9 Å². The molecule has 0 spiro atoms. The second-order valence-electron chi connectivity index (χ2n) is 6.72. The largest absolute Gasteiger partial charge is 0.508 e. The molecule has 0 unspecified atom stereocenters. The molecule has 2 aromatic carbocycles. The molecule has 0 aliphatic rings. The first-order chi connectivity index (χ1) is 12.7. The summed E-state index contributed by atoms with van der Waals surface area (Å²) < 4.78 is 10.5. The van der Waals surface area contributed by atoms with Crippen LogP contribution in [0.2, 0.25) is 0 Å². The van der Waals surface area contributed by atoms with E-state index in [0.29, 0.717) is 17.2 Å². The molecule has 0 atom stereocenters. The van der Waals surface area contributed by atoms with E-state index >= 15 is 0 Å². The van der Waals surface area contributed by atoms with E-state index in [1.807, 2.05) is 33.8 Å². The number of carbonyl (C=O) groups excluding carboxylic acids is 2. The first-order valence-corrected chi connectivity index (χ1v) is 8.70. The molecule has 27 heavy (non-hydrogen) atoms. The topological polar surface area (TPSA) is 84.9 Å². The molecule has 0 radical (unpaired) electrons. The Hall–Kier alpha value is -3.02. The molecule has 0 fully saturated rings. The molecule has 0 saturated heterocycles. The van der Waals surface area contributed by atoms with Gasteiger partial charge in [0, 0.05) is 11.3 Å². The number of aromatic hydroxyl groups is 1. The van der Waals surface area contributed by atoms with Crippen LogP contribution < -0.4 is 10.1 Å². The lowest BCUT2D eigenvalue weighted by Crippen LogP contribution is -2.17. The summed E-state index contributed by atoms with van der Waals surface area (Å²) in [7, 11) is 1.24. The van der Waals surface area contributed by atoms with Gasteiger partial charge in [-0.1, -0.05) is 13.8 Å². The fourth-order valence-corrected chi connectivity index (χ4v) is 2.77. The number of carbonyl (C=O) groups is 2. The summed E-state index contributed by atoms with van der Waals surface area (Å²) in [6, 6.07) is 8.72. The number of anilines is 1. The van der Waals surface area contributed by atoms with Crippen LogP contribution in [0.25, 0.3) is 0 Å². The normalized spacial score (nSPS) is 10.6. The number of phenols is 1. The molecular weight excluding hydrogens is 346 g/mol. The van der Waals surface area contributed by atoms with Crippen LogP contribution in [0, 0.1) is 13.8 Å². The van der Waals surface area contributed by atoms with Crippen molar-refractivity contribution in [2.45, 2.75) is 40.0 Å². The Kier molecular flexibility index (Phi) is 6.45. The quantitative estimate of drug-likeness (QED) is 0.580. The number of esters is 1. The van der Waals surface area contributed by atoms with E-state index in [0.717, 1.165) is 16.7 Å². The van der Waals surface area contributed by atoms with Gasteiger partial charge in [-0.05, 0) is 61.2 Å². The molecule has 0 bridgehead atoms. The molecule has 0 saturated carbocycles. The third-order valence-electron chi connectivity index (χ3n) is 4.12. The van der Waals surface area contributed by atoms with Crippen molar-refractivity contribution in [2.75, 3.05) is 12.4 Å². The van der Waals surface area contributed by atoms with Gasteiger partial charge in [0.25, 0.3) is 0 Å². The predicted molar refractivity (Wildman–Crippen MR) is 103 cm³/mol. The van der Waals surface area contributed by atoms with Crippen LogP contribution in [0.4, 0.5) is 5.69 Å². The van der Waals surface area contributed by atoms with Crippen molar-refractivity contribution in [3.63, 3.8) is 0 Å². The van der Waals surface area contributed by atoms with Gasteiger partial charge in [-0.25, -0.2) is 0 Å². The third-order valence-corrected chi connectivity index (χ3v) is 4.12. The Morgan fingerprint density at radius 1 is 1.11 bits per heavy atom. The molecule has 144 valence electrons. The number of phenolic OH excluding ortho intramolecular Hbond substituents is 1. The molecule has 6 nitrogen and oxygen atoms in total. The Labute approximate surface area is 159 Å². The zero-order chi connectivity index (χ0) is 20.1. The number of aryl methyl sites for hydroxylation is 2. The summed E-state index contributed by atoms with van der Waals surface area (Å²) in [4.78, 5) is 23.0. The fourth-order valence-electron chi connectivity index (χ4n) is 2.77. The van der Waals surface area contributed by atoms with Gasteiger partial charge in [0.2, 0.25) is 5.91 Å². The minimum atomic E-state index is -0.589. The highest BCUT2D eigenvalue weighted by atomic mass is 16.5. The van der Waals surface area contributed by atoms with Gasteiger partial charge >= 0.3 is 5.97 Å². The minimum Gasteiger partial charge on any atom is -0.508 e. The van der Waals surface area contributed by atoms with Crippen LogP contribution in [0.5, 0.6) is 17.2 Å². The lowest BCUT2D eigenvalue weighted by Gasteiger charge is -2.16. The molecule has 0 aliphatic carbocycles. The van der Waals surface area contributed by atoms with Crippen LogP contribution >= 0.6 is 0 Å². The lowest BCUT2D eigenvalue weighted by molar-refractivity contribution is -0.142. The number of benzene rings is 2. The van der Waals surface area contributed by atoms with E-state index in [9.17, 15) is 14.7 Å². The highest BCUT2D eigenvalue weighted by molar-refractivity contribution is 6.02. The van der Waals surface area contributed by atoms with Crippen LogP contribution in [-0.2, 0) is 14.3 Å². The Bertz CT molecular complexity index is 835. The van der Waals surface area contributed by atoms with Crippen molar-refractivity contribution in [3.05, 3.63) is 47.0 Å². The average molecular weight is 371 g/mol. The van der Waals surface area contributed by atoms with Crippen LogP contribution in [-0.4, -0.2) is 24.1 Å². The molecule has 2 rings (SSSR count). The molecule has 2 N–H and O–H groups in total. The monoisotopic (exact) mass is 371 g/mol. The number of rotatable bonds is 6. The minimum absolute atomic E-state index is 0.170. The van der Waals surface area contributed by atoms with E-state index in [2.05, 4.69) is 10.1 Å². The number of amides is 1. The SMILES string of the molecule is COC(=O)CC(=O)Nc1cc(C)c(Oc2ccc(O)c(C(C)C)c2)c(C)c1.